The molecule has 242 valence electrons. The highest BCUT2D eigenvalue weighted by Crippen LogP contribution is 2.39. The fourth-order valence-corrected chi connectivity index (χ4v) is 5.87. The minimum absolute atomic E-state index is 0.333. The van der Waals surface area contributed by atoms with Gasteiger partial charge in [0.2, 0.25) is 0 Å². The Balaban J connectivity index is 1.88. The molecule has 0 N–H and O–H groups in total. The molecule has 0 aromatic heterocycles. The number of ether oxygens (including phenoxy) is 3. The normalized spacial score (nSPS) is 11.1. The zero-order valence-corrected chi connectivity index (χ0v) is 29.1. The number of carbonyl (C=O) groups is 1. The predicted octanol–water partition coefficient (Wildman–Crippen LogP) is 12.5. The summed E-state index contributed by atoms with van der Waals surface area (Å²) < 4.78 is 18.4. The Morgan fingerprint density at radius 1 is 0.581 bits per heavy atom. The zero-order chi connectivity index (χ0) is 31.0. The van der Waals surface area contributed by atoms with Crippen LogP contribution in [-0.4, -0.2) is 26.3 Å². The second-order valence-corrected chi connectivity index (χ2v) is 12.8. The van der Waals surface area contributed by atoms with Crippen LogP contribution in [0.3, 0.4) is 0 Å². The second kappa shape index (κ2) is 24.3. The molecule has 0 aliphatic heterocycles. The maximum absolute atomic E-state index is 12.0. The van der Waals surface area contributed by atoms with E-state index in [2.05, 4.69) is 35.8 Å². The molecule has 0 aliphatic carbocycles. The third-order valence-electron chi connectivity index (χ3n) is 8.16. The van der Waals surface area contributed by atoms with Gasteiger partial charge in [-0.3, -0.25) is 0 Å². The van der Waals surface area contributed by atoms with Gasteiger partial charge in [-0.2, -0.15) is 0 Å². The van der Waals surface area contributed by atoms with Gasteiger partial charge in [0.1, 0.15) is 11.5 Å². The van der Waals surface area contributed by atoms with Crippen molar-refractivity contribution < 1.29 is 19.0 Å². The van der Waals surface area contributed by atoms with Crippen LogP contribution < -0.4 is 9.47 Å². The molecule has 0 amide bonds. The van der Waals surface area contributed by atoms with Crippen molar-refractivity contribution in [1.29, 1.82) is 0 Å². The minimum atomic E-state index is -0.333. The molecule has 2 aromatic carbocycles. The van der Waals surface area contributed by atoms with Gasteiger partial charge in [-0.05, 0) is 58.6 Å². The van der Waals surface area contributed by atoms with Crippen molar-refractivity contribution in [2.75, 3.05) is 20.3 Å². The van der Waals surface area contributed by atoms with Gasteiger partial charge >= 0.3 is 5.97 Å². The molecule has 0 saturated heterocycles. The van der Waals surface area contributed by atoms with Crippen LogP contribution in [0.15, 0.2) is 40.9 Å². The van der Waals surface area contributed by atoms with E-state index in [0.717, 1.165) is 39.9 Å². The summed E-state index contributed by atoms with van der Waals surface area (Å²) in [7, 11) is 1.41. The minimum Gasteiger partial charge on any atom is -0.493 e. The van der Waals surface area contributed by atoms with Gasteiger partial charge in [0.15, 0.2) is 0 Å². The van der Waals surface area contributed by atoms with Crippen LogP contribution in [-0.2, 0) is 4.74 Å². The Morgan fingerprint density at radius 3 is 1.44 bits per heavy atom. The first-order chi connectivity index (χ1) is 21.1. The average Bonchev–Trinajstić information content (AvgIpc) is 3.03. The first-order valence-corrected chi connectivity index (χ1v) is 18.2. The standard InChI is InChI=1S/C38H59BrO4/c1-4-6-8-10-12-14-16-18-20-22-28-42-36-31-35(39)37(43-29-23-21-19-17-15-13-11-9-7-5-2)30-34(36)32-24-26-33(27-25-32)38(40)41-3/h24-27,30-31H,4-23,28-29H2,1-3H3. The lowest BCUT2D eigenvalue weighted by Crippen LogP contribution is -2.03. The predicted molar refractivity (Wildman–Crippen MR) is 186 cm³/mol. The van der Waals surface area contributed by atoms with Crippen molar-refractivity contribution >= 4 is 21.9 Å². The van der Waals surface area contributed by atoms with Crippen LogP contribution in [0.25, 0.3) is 11.1 Å². The summed E-state index contributed by atoms with van der Waals surface area (Å²) in [5, 5.41) is 0. The molecule has 43 heavy (non-hydrogen) atoms. The smallest absolute Gasteiger partial charge is 0.337 e. The summed E-state index contributed by atoms with van der Waals surface area (Å²) in [6.07, 6.45) is 26.1. The third-order valence-corrected chi connectivity index (χ3v) is 8.78. The SMILES string of the molecule is CCCCCCCCCCCCOc1cc(-c2ccc(C(=O)OC)cc2)c(OCCCCCCCCCCCC)cc1Br. The summed E-state index contributed by atoms with van der Waals surface area (Å²) in [6.45, 7) is 5.93. The number of halogens is 1. The number of hydrogen-bond acceptors (Lipinski definition) is 4. The molecule has 2 aromatic rings. The third kappa shape index (κ3) is 16.0. The Kier molecular flexibility index (Phi) is 21.0. The van der Waals surface area contributed by atoms with Crippen LogP contribution in [0.4, 0.5) is 0 Å². The highest BCUT2D eigenvalue weighted by Gasteiger charge is 2.14. The van der Waals surface area contributed by atoms with Crippen LogP contribution >= 0.6 is 15.9 Å². The van der Waals surface area contributed by atoms with E-state index >= 15 is 0 Å². The lowest BCUT2D eigenvalue weighted by atomic mass is 10.0. The van der Waals surface area contributed by atoms with E-state index in [1.165, 1.54) is 123 Å². The monoisotopic (exact) mass is 658 g/mol. The Morgan fingerprint density at radius 2 is 1.00 bits per heavy atom. The van der Waals surface area contributed by atoms with Gasteiger partial charge < -0.3 is 14.2 Å². The second-order valence-electron chi connectivity index (χ2n) is 11.9. The van der Waals surface area contributed by atoms with Gasteiger partial charge in [-0.25, -0.2) is 4.79 Å². The van der Waals surface area contributed by atoms with Crippen molar-refractivity contribution in [3.8, 4) is 22.6 Å². The fourth-order valence-electron chi connectivity index (χ4n) is 5.44. The van der Waals surface area contributed by atoms with Crippen molar-refractivity contribution in [3.05, 3.63) is 46.4 Å². The molecule has 0 saturated carbocycles. The van der Waals surface area contributed by atoms with Crippen molar-refractivity contribution in [1.82, 2.24) is 0 Å². The summed E-state index contributed by atoms with van der Waals surface area (Å²) in [6, 6.07) is 11.6. The average molecular weight is 660 g/mol. The van der Waals surface area contributed by atoms with Crippen LogP contribution in [0.5, 0.6) is 11.5 Å². The quantitative estimate of drug-likeness (QED) is 0.0745. The largest absolute Gasteiger partial charge is 0.493 e. The molecular formula is C38H59BrO4. The molecule has 2 rings (SSSR count). The summed E-state index contributed by atoms with van der Waals surface area (Å²) >= 11 is 3.73. The van der Waals surface area contributed by atoms with E-state index in [4.69, 9.17) is 14.2 Å². The number of unbranched alkanes of at least 4 members (excludes halogenated alkanes) is 18. The van der Waals surface area contributed by atoms with Gasteiger partial charge in [0.05, 0.1) is 30.4 Å². The molecule has 0 radical (unpaired) electrons. The summed E-state index contributed by atoms with van der Waals surface area (Å²) in [5.41, 5.74) is 2.50. The van der Waals surface area contributed by atoms with Gasteiger partial charge in [0.25, 0.3) is 0 Å². The molecule has 5 heteroatoms. The van der Waals surface area contributed by atoms with Gasteiger partial charge in [-0.1, -0.05) is 142 Å². The topological polar surface area (TPSA) is 44.8 Å². The van der Waals surface area contributed by atoms with E-state index in [0.29, 0.717) is 18.8 Å². The zero-order valence-electron chi connectivity index (χ0n) is 27.5. The molecule has 0 spiro atoms. The highest BCUT2D eigenvalue weighted by atomic mass is 79.9. The first kappa shape index (κ1) is 37.2. The van der Waals surface area contributed by atoms with E-state index in [9.17, 15) is 4.79 Å². The Hall–Kier alpha value is -2.01. The van der Waals surface area contributed by atoms with Crippen molar-refractivity contribution in [2.45, 2.75) is 142 Å². The van der Waals surface area contributed by atoms with Gasteiger partial charge in [0, 0.05) is 5.56 Å². The lowest BCUT2D eigenvalue weighted by molar-refractivity contribution is 0.0600. The lowest BCUT2D eigenvalue weighted by Gasteiger charge is -2.16. The van der Waals surface area contributed by atoms with Crippen molar-refractivity contribution in [3.63, 3.8) is 0 Å². The van der Waals surface area contributed by atoms with Crippen LogP contribution in [0.1, 0.15) is 153 Å². The molecule has 0 atom stereocenters. The fraction of sp³-hybridized carbons (Fsp3) is 0.658. The number of benzene rings is 2. The molecule has 4 nitrogen and oxygen atoms in total. The Bertz CT molecular complexity index is 988. The molecule has 0 fully saturated rings. The summed E-state index contributed by atoms with van der Waals surface area (Å²) in [4.78, 5) is 12.0. The van der Waals surface area contributed by atoms with Crippen LogP contribution in [0, 0.1) is 0 Å². The van der Waals surface area contributed by atoms with Crippen molar-refractivity contribution in [2.24, 2.45) is 0 Å². The number of esters is 1. The van der Waals surface area contributed by atoms with E-state index in [1.54, 1.807) is 12.1 Å². The molecule has 0 unspecified atom stereocenters. The van der Waals surface area contributed by atoms with Gasteiger partial charge in [-0.15, -0.1) is 0 Å². The summed E-state index contributed by atoms with van der Waals surface area (Å²) in [5.74, 6) is 1.33. The Labute approximate surface area is 271 Å². The molecular weight excluding hydrogens is 600 g/mol. The molecule has 0 aliphatic rings. The number of hydrogen-bond donors (Lipinski definition) is 0. The number of methoxy groups -OCH3 is 1. The number of carbonyl (C=O) groups excluding carboxylic acids is 1. The highest BCUT2D eigenvalue weighted by molar-refractivity contribution is 9.10. The maximum atomic E-state index is 12.0. The van der Waals surface area contributed by atoms with E-state index in [1.807, 2.05) is 18.2 Å². The molecule has 0 bridgehead atoms. The van der Waals surface area contributed by atoms with E-state index in [-0.39, 0.29) is 5.97 Å². The van der Waals surface area contributed by atoms with E-state index < -0.39 is 0 Å². The van der Waals surface area contributed by atoms with Crippen LogP contribution in [0.2, 0.25) is 0 Å². The number of rotatable bonds is 26. The molecule has 0 heterocycles. The first-order valence-electron chi connectivity index (χ1n) is 17.4. The maximum Gasteiger partial charge on any atom is 0.337 e.